The van der Waals surface area contributed by atoms with Gasteiger partial charge in [0.15, 0.2) is 6.17 Å². The van der Waals surface area contributed by atoms with Gasteiger partial charge in [0.1, 0.15) is 5.60 Å². The van der Waals surface area contributed by atoms with Crippen molar-refractivity contribution in [3.05, 3.63) is 77.9 Å². The highest BCUT2D eigenvalue weighted by molar-refractivity contribution is 6.05. The molecule has 2 N–H and O–H groups in total. The van der Waals surface area contributed by atoms with Gasteiger partial charge in [0.05, 0.1) is 11.8 Å². The number of nitrogens with one attached hydrogen (secondary N) is 2. The number of carbonyl (C=O) groups is 4. The van der Waals surface area contributed by atoms with E-state index in [9.17, 15) is 19.2 Å². The quantitative estimate of drug-likeness (QED) is 0.316. The highest BCUT2D eigenvalue weighted by Crippen LogP contribution is 2.28. The minimum Gasteiger partial charge on any atom is -0.460 e. The van der Waals surface area contributed by atoms with Crippen molar-refractivity contribution in [3.63, 3.8) is 0 Å². The van der Waals surface area contributed by atoms with Crippen LogP contribution < -0.4 is 10.6 Å². The Balaban J connectivity index is 1.86. The van der Waals surface area contributed by atoms with Gasteiger partial charge in [0.2, 0.25) is 5.91 Å². The minimum atomic E-state index is -1.18. The average molecular weight is 534 g/mol. The standard InChI is InChI=1S/C31H39N3O5/c1-21(2)19-25(24(29(37)39-31(3,4)5)18-12-17-22-13-8-6-9-14-22)27(35)32-26-28(36)33-30(38)34(26)20-23-15-10-7-11-16-23/h6-17,21,24-26H,18-20H2,1-5H3,(H,32,35)(H,33,36,38)/t24-,25+,26?/m0/s1. The van der Waals surface area contributed by atoms with Crippen molar-refractivity contribution >= 4 is 29.9 Å². The van der Waals surface area contributed by atoms with E-state index in [4.69, 9.17) is 4.74 Å². The molecule has 1 aliphatic heterocycles. The zero-order chi connectivity index (χ0) is 28.6. The third-order valence-electron chi connectivity index (χ3n) is 6.28. The molecule has 208 valence electrons. The second-order valence-electron chi connectivity index (χ2n) is 11.2. The normalized spacial score (nSPS) is 17.3. The van der Waals surface area contributed by atoms with Gasteiger partial charge in [-0.05, 0) is 50.7 Å². The zero-order valence-electron chi connectivity index (χ0n) is 23.3. The second kappa shape index (κ2) is 13.2. The number of benzene rings is 2. The second-order valence-corrected chi connectivity index (χ2v) is 11.2. The number of hydrogen-bond donors (Lipinski definition) is 2. The molecule has 8 heteroatoms. The van der Waals surface area contributed by atoms with Gasteiger partial charge >= 0.3 is 12.0 Å². The summed E-state index contributed by atoms with van der Waals surface area (Å²) in [5.41, 5.74) is 1.06. The first kappa shape index (κ1) is 29.6. The number of imide groups is 1. The number of esters is 1. The molecular formula is C31H39N3O5. The van der Waals surface area contributed by atoms with Crippen LogP contribution in [0.25, 0.3) is 6.08 Å². The fourth-order valence-electron chi connectivity index (χ4n) is 4.51. The Bertz CT molecular complexity index is 1170. The Morgan fingerprint density at radius 3 is 2.21 bits per heavy atom. The smallest absolute Gasteiger partial charge is 0.326 e. The van der Waals surface area contributed by atoms with Gasteiger partial charge in [0, 0.05) is 6.54 Å². The summed E-state index contributed by atoms with van der Waals surface area (Å²) >= 11 is 0. The Hall–Kier alpha value is -3.94. The first-order chi connectivity index (χ1) is 18.4. The molecule has 0 spiro atoms. The molecule has 39 heavy (non-hydrogen) atoms. The van der Waals surface area contributed by atoms with E-state index >= 15 is 0 Å². The number of rotatable bonds is 11. The van der Waals surface area contributed by atoms with Crippen LogP contribution in [0.5, 0.6) is 0 Å². The molecule has 0 aliphatic carbocycles. The number of urea groups is 1. The van der Waals surface area contributed by atoms with Crippen LogP contribution in [0.1, 0.15) is 58.6 Å². The van der Waals surface area contributed by atoms with E-state index in [1.165, 1.54) is 4.90 Å². The fourth-order valence-corrected chi connectivity index (χ4v) is 4.51. The molecule has 4 amide bonds. The zero-order valence-corrected chi connectivity index (χ0v) is 23.3. The predicted molar refractivity (Wildman–Crippen MR) is 150 cm³/mol. The van der Waals surface area contributed by atoms with Crippen molar-refractivity contribution in [2.45, 2.75) is 65.8 Å². The van der Waals surface area contributed by atoms with Crippen molar-refractivity contribution in [2.75, 3.05) is 0 Å². The van der Waals surface area contributed by atoms with Crippen LogP contribution in [-0.4, -0.2) is 40.5 Å². The summed E-state index contributed by atoms with van der Waals surface area (Å²) in [5.74, 6) is -3.03. The predicted octanol–water partition coefficient (Wildman–Crippen LogP) is 4.90. The number of ether oxygens (including phenoxy) is 1. The van der Waals surface area contributed by atoms with Crippen LogP contribution in [-0.2, 0) is 25.7 Å². The van der Waals surface area contributed by atoms with Gasteiger partial charge < -0.3 is 10.1 Å². The molecule has 8 nitrogen and oxygen atoms in total. The first-order valence-electron chi connectivity index (χ1n) is 13.3. The van der Waals surface area contributed by atoms with Crippen LogP contribution in [0.15, 0.2) is 66.7 Å². The third-order valence-corrected chi connectivity index (χ3v) is 6.28. The molecule has 3 rings (SSSR count). The lowest BCUT2D eigenvalue weighted by atomic mass is 9.82. The van der Waals surface area contributed by atoms with Gasteiger partial charge in [-0.2, -0.15) is 0 Å². The van der Waals surface area contributed by atoms with E-state index in [-0.39, 0.29) is 18.9 Å². The maximum absolute atomic E-state index is 13.8. The maximum Gasteiger partial charge on any atom is 0.326 e. The summed E-state index contributed by atoms with van der Waals surface area (Å²) < 4.78 is 5.73. The lowest BCUT2D eigenvalue weighted by Crippen LogP contribution is -2.52. The molecule has 1 unspecified atom stereocenters. The number of allylic oxidation sites excluding steroid dienone is 1. The lowest BCUT2D eigenvalue weighted by Gasteiger charge is -2.31. The Labute approximate surface area is 230 Å². The van der Waals surface area contributed by atoms with Crippen LogP contribution in [0.4, 0.5) is 4.79 Å². The lowest BCUT2D eigenvalue weighted by molar-refractivity contribution is -0.164. The van der Waals surface area contributed by atoms with E-state index in [1.807, 2.05) is 86.7 Å². The van der Waals surface area contributed by atoms with Gasteiger partial charge in [-0.25, -0.2) is 4.79 Å². The highest BCUT2D eigenvalue weighted by atomic mass is 16.6. The molecular weight excluding hydrogens is 494 g/mol. The Morgan fingerprint density at radius 2 is 1.62 bits per heavy atom. The highest BCUT2D eigenvalue weighted by Gasteiger charge is 2.43. The molecule has 1 fully saturated rings. The number of carbonyl (C=O) groups excluding carboxylic acids is 4. The van der Waals surface area contributed by atoms with Crippen molar-refractivity contribution in [2.24, 2.45) is 17.8 Å². The van der Waals surface area contributed by atoms with Crippen LogP contribution in [0.3, 0.4) is 0 Å². The molecule has 3 atom stereocenters. The number of amides is 4. The monoisotopic (exact) mass is 533 g/mol. The minimum absolute atomic E-state index is 0.0863. The molecule has 2 aromatic rings. The largest absolute Gasteiger partial charge is 0.460 e. The first-order valence-corrected chi connectivity index (χ1v) is 13.3. The average Bonchev–Trinajstić information content (AvgIpc) is 3.12. The summed E-state index contributed by atoms with van der Waals surface area (Å²) in [4.78, 5) is 53.7. The van der Waals surface area contributed by atoms with Gasteiger partial charge in [-0.1, -0.05) is 86.7 Å². The van der Waals surface area contributed by atoms with Gasteiger partial charge in [-0.15, -0.1) is 0 Å². The number of hydrogen-bond acceptors (Lipinski definition) is 5. The van der Waals surface area contributed by atoms with Crippen LogP contribution in [0.2, 0.25) is 0 Å². The van der Waals surface area contributed by atoms with Crippen LogP contribution in [0, 0.1) is 17.8 Å². The molecule has 1 heterocycles. The molecule has 1 aliphatic rings. The van der Waals surface area contributed by atoms with Gasteiger partial charge in [0.25, 0.3) is 5.91 Å². The third kappa shape index (κ3) is 8.80. The van der Waals surface area contributed by atoms with Crippen LogP contribution >= 0.6 is 0 Å². The van der Waals surface area contributed by atoms with Crippen molar-refractivity contribution < 1.29 is 23.9 Å². The van der Waals surface area contributed by atoms with Crippen molar-refractivity contribution in [1.29, 1.82) is 0 Å². The summed E-state index contributed by atoms with van der Waals surface area (Å²) in [6, 6.07) is 18.3. The van der Waals surface area contributed by atoms with E-state index in [0.29, 0.717) is 6.42 Å². The summed E-state index contributed by atoms with van der Waals surface area (Å²) in [7, 11) is 0. The Kier molecular flexibility index (Phi) is 10.0. The topological polar surface area (TPSA) is 105 Å². The molecule has 1 saturated heterocycles. The Morgan fingerprint density at radius 1 is 1.00 bits per heavy atom. The van der Waals surface area contributed by atoms with E-state index in [2.05, 4.69) is 10.6 Å². The molecule has 0 radical (unpaired) electrons. The number of nitrogens with zero attached hydrogens (tertiary/aromatic N) is 1. The van der Waals surface area contributed by atoms with Crippen molar-refractivity contribution in [3.8, 4) is 0 Å². The molecule has 0 bridgehead atoms. The maximum atomic E-state index is 13.8. The van der Waals surface area contributed by atoms with Crippen molar-refractivity contribution in [1.82, 2.24) is 15.5 Å². The van der Waals surface area contributed by atoms with E-state index in [1.54, 1.807) is 20.8 Å². The molecule has 0 saturated carbocycles. The van der Waals surface area contributed by atoms with Gasteiger partial charge in [-0.3, -0.25) is 24.6 Å². The summed E-state index contributed by atoms with van der Waals surface area (Å²) in [6.07, 6.45) is 3.28. The van der Waals surface area contributed by atoms with E-state index < -0.39 is 47.4 Å². The van der Waals surface area contributed by atoms with E-state index in [0.717, 1.165) is 11.1 Å². The molecule has 2 aromatic carbocycles. The SMILES string of the molecule is CC(C)C[C@@H](C(=O)NC1C(=O)NC(=O)N1Cc1ccccc1)[C@H](CC=Cc1ccccc1)C(=O)OC(C)(C)C. The summed E-state index contributed by atoms with van der Waals surface area (Å²) in [6.45, 7) is 9.45. The molecule has 0 aromatic heterocycles. The summed E-state index contributed by atoms with van der Waals surface area (Å²) in [5, 5.41) is 5.05. The fraction of sp³-hybridized carbons (Fsp3) is 0.419.